The first-order chi connectivity index (χ1) is 15.6. The summed E-state index contributed by atoms with van der Waals surface area (Å²) >= 11 is 2.73. The third-order valence-electron chi connectivity index (χ3n) is 5.66. The van der Waals surface area contributed by atoms with Crippen molar-refractivity contribution in [2.75, 3.05) is 18.1 Å². The van der Waals surface area contributed by atoms with Crippen LogP contribution in [0.25, 0.3) is 10.6 Å². The van der Waals surface area contributed by atoms with Crippen molar-refractivity contribution < 1.29 is 9.59 Å². The SMILES string of the molecule is CN(C(=O)CSc1ccccc1C(=O)Nc1nnc(-c2ccccc2)s1)C1CCCCC1. The van der Waals surface area contributed by atoms with Crippen LogP contribution in [0.1, 0.15) is 42.5 Å². The number of aromatic nitrogens is 2. The van der Waals surface area contributed by atoms with Crippen LogP contribution in [0.3, 0.4) is 0 Å². The molecule has 1 aliphatic carbocycles. The largest absolute Gasteiger partial charge is 0.342 e. The summed E-state index contributed by atoms with van der Waals surface area (Å²) in [5.41, 5.74) is 1.49. The lowest BCUT2D eigenvalue weighted by molar-refractivity contribution is -0.129. The molecule has 32 heavy (non-hydrogen) atoms. The van der Waals surface area contributed by atoms with Crippen LogP contribution in [0.2, 0.25) is 0 Å². The normalized spacial score (nSPS) is 14.2. The molecule has 1 N–H and O–H groups in total. The van der Waals surface area contributed by atoms with E-state index in [2.05, 4.69) is 15.5 Å². The third-order valence-corrected chi connectivity index (χ3v) is 7.61. The fourth-order valence-corrected chi connectivity index (χ4v) is 5.55. The maximum Gasteiger partial charge on any atom is 0.258 e. The molecule has 1 aliphatic rings. The Morgan fingerprint density at radius 1 is 1.03 bits per heavy atom. The predicted octanol–water partition coefficient (Wildman–Crippen LogP) is 5.34. The quantitative estimate of drug-likeness (QED) is 0.476. The fraction of sp³-hybridized carbons (Fsp3) is 0.333. The summed E-state index contributed by atoms with van der Waals surface area (Å²) in [6.07, 6.45) is 5.81. The van der Waals surface area contributed by atoms with E-state index >= 15 is 0 Å². The minimum Gasteiger partial charge on any atom is -0.342 e. The average Bonchev–Trinajstić information content (AvgIpc) is 3.31. The van der Waals surface area contributed by atoms with Crippen LogP contribution in [-0.2, 0) is 4.79 Å². The molecule has 1 heterocycles. The number of hydrogen-bond donors (Lipinski definition) is 1. The Kier molecular flexibility index (Phi) is 7.55. The molecule has 8 heteroatoms. The van der Waals surface area contributed by atoms with Gasteiger partial charge in [-0.2, -0.15) is 0 Å². The summed E-state index contributed by atoms with van der Waals surface area (Å²) in [5.74, 6) is 0.166. The molecule has 2 aromatic carbocycles. The number of carbonyl (C=O) groups excluding carboxylic acids is 2. The number of carbonyl (C=O) groups is 2. The highest BCUT2D eigenvalue weighted by molar-refractivity contribution is 8.00. The number of amides is 2. The molecule has 0 radical (unpaired) electrons. The first kappa shape index (κ1) is 22.5. The highest BCUT2D eigenvalue weighted by atomic mass is 32.2. The highest BCUT2D eigenvalue weighted by Crippen LogP contribution is 2.29. The van der Waals surface area contributed by atoms with Gasteiger partial charge in [0.05, 0.1) is 11.3 Å². The fourth-order valence-electron chi connectivity index (χ4n) is 3.83. The summed E-state index contributed by atoms with van der Waals surface area (Å²) in [4.78, 5) is 28.3. The van der Waals surface area contributed by atoms with Gasteiger partial charge in [0, 0.05) is 23.5 Å². The maximum absolute atomic E-state index is 12.9. The Morgan fingerprint density at radius 2 is 1.75 bits per heavy atom. The number of nitrogens with zero attached hydrogens (tertiary/aromatic N) is 3. The van der Waals surface area contributed by atoms with Crippen molar-refractivity contribution in [3.63, 3.8) is 0 Å². The van der Waals surface area contributed by atoms with Crippen molar-refractivity contribution in [2.45, 2.75) is 43.0 Å². The van der Waals surface area contributed by atoms with Crippen molar-refractivity contribution in [2.24, 2.45) is 0 Å². The van der Waals surface area contributed by atoms with E-state index in [9.17, 15) is 9.59 Å². The molecule has 0 atom stereocenters. The van der Waals surface area contributed by atoms with Crippen molar-refractivity contribution in [3.05, 3.63) is 60.2 Å². The number of hydrogen-bond acceptors (Lipinski definition) is 6. The van der Waals surface area contributed by atoms with E-state index in [1.165, 1.54) is 42.4 Å². The number of rotatable bonds is 7. The second-order valence-corrected chi connectivity index (χ2v) is 9.81. The van der Waals surface area contributed by atoms with Gasteiger partial charge >= 0.3 is 0 Å². The van der Waals surface area contributed by atoms with Gasteiger partial charge in [-0.3, -0.25) is 14.9 Å². The van der Waals surface area contributed by atoms with Crippen molar-refractivity contribution in [3.8, 4) is 10.6 Å². The summed E-state index contributed by atoms with van der Waals surface area (Å²) in [5, 5.41) is 12.3. The van der Waals surface area contributed by atoms with E-state index in [1.54, 1.807) is 6.07 Å². The van der Waals surface area contributed by atoms with Gasteiger partial charge in [0.15, 0.2) is 0 Å². The van der Waals surface area contributed by atoms with Crippen molar-refractivity contribution in [1.82, 2.24) is 15.1 Å². The second-order valence-electron chi connectivity index (χ2n) is 7.81. The van der Waals surface area contributed by atoms with E-state index in [4.69, 9.17) is 0 Å². The van der Waals surface area contributed by atoms with Crippen LogP contribution < -0.4 is 5.32 Å². The van der Waals surface area contributed by atoms with Crippen LogP contribution >= 0.6 is 23.1 Å². The molecule has 0 aliphatic heterocycles. The molecule has 1 fully saturated rings. The molecular weight excluding hydrogens is 440 g/mol. The smallest absolute Gasteiger partial charge is 0.258 e. The van der Waals surface area contributed by atoms with E-state index in [0.717, 1.165) is 28.3 Å². The highest BCUT2D eigenvalue weighted by Gasteiger charge is 2.22. The Labute approximate surface area is 196 Å². The van der Waals surface area contributed by atoms with E-state index < -0.39 is 0 Å². The van der Waals surface area contributed by atoms with Crippen LogP contribution in [0.15, 0.2) is 59.5 Å². The van der Waals surface area contributed by atoms with Gasteiger partial charge in [0.25, 0.3) is 5.91 Å². The molecule has 0 saturated heterocycles. The summed E-state index contributed by atoms with van der Waals surface area (Å²) in [7, 11) is 1.90. The molecule has 0 spiro atoms. The Hall–Kier alpha value is -2.71. The zero-order chi connectivity index (χ0) is 22.3. The third kappa shape index (κ3) is 5.55. The van der Waals surface area contributed by atoms with Gasteiger partial charge in [0.2, 0.25) is 11.0 Å². The van der Waals surface area contributed by atoms with Gasteiger partial charge in [-0.25, -0.2) is 0 Å². The topological polar surface area (TPSA) is 75.2 Å². The van der Waals surface area contributed by atoms with Crippen molar-refractivity contribution in [1.29, 1.82) is 0 Å². The Balaban J connectivity index is 1.39. The average molecular weight is 467 g/mol. The number of anilines is 1. The molecule has 0 unspecified atom stereocenters. The zero-order valence-corrected chi connectivity index (χ0v) is 19.6. The number of nitrogens with one attached hydrogen (secondary N) is 1. The van der Waals surface area contributed by atoms with Crippen LogP contribution in [0.4, 0.5) is 5.13 Å². The Bertz CT molecular complexity index is 1060. The lowest BCUT2D eigenvalue weighted by atomic mass is 9.94. The summed E-state index contributed by atoms with van der Waals surface area (Å²) < 4.78 is 0. The number of benzene rings is 2. The molecule has 6 nitrogen and oxygen atoms in total. The van der Waals surface area contributed by atoms with E-state index in [1.807, 2.05) is 60.5 Å². The van der Waals surface area contributed by atoms with E-state index in [-0.39, 0.29) is 11.8 Å². The summed E-state index contributed by atoms with van der Waals surface area (Å²) in [6.45, 7) is 0. The van der Waals surface area contributed by atoms with Crippen LogP contribution in [0.5, 0.6) is 0 Å². The lowest BCUT2D eigenvalue weighted by Crippen LogP contribution is -2.39. The summed E-state index contributed by atoms with van der Waals surface area (Å²) in [6, 6.07) is 17.4. The second kappa shape index (κ2) is 10.7. The molecular formula is C24H26N4O2S2. The molecule has 4 rings (SSSR count). The lowest BCUT2D eigenvalue weighted by Gasteiger charge is -2.31. The maximum atomic E-state index is 12.9. The minimum absolute atomic E-state index is 0.105. The van der Waals surface area contributed by atoms with E-state index in [0.29, 0.717) is 22.5 Å². The standard InChI is InChI=1S/C24H26N4O2S2/c1-28(18-12-6-3-7-13-18)21(29)16-31-20-15-9-8-14-19(20)22(30)25-24-27-26-23(32-24)17-10-4-2-5-11-17/h2,4-5,8-11,14-15,18H,3,6-7,12-13,16H2,1H3,(H,25,27,30). The van der Waals surface area contributed by atoms with Crippen molar-refractivity contribution >= 4 is 40.0 Å². The van der Waals surface area contributed by atoms with Gasteiger partial charge in [-0.05, 0) is 25.0 Å². The Morgan fingerprint density at radius 3 is 2.53 bits per heavy atom. The molecule has 2 amide bonds. The van der Waals surface area contributed by atoms with Gasteiger partial charge in [-0.15, -0.1) is 22.0 Å². The zero-order valence-electron chi connectivity index (χ0n) is 18.0. The molecule has 1 aromatic heterocycles. The van der Waals surface area contributed by atoms with Gasteiger partial charge in [0.1, 0.15) is 5.01 Å². The molecule has 0 bridgehead atoms. The van der Waals surface area contributed by atoms with Crippen LogP contribution in [-0.4, -0.2) is 45.8 Å². The first-order valence-corrected chi connectivity index (χ1v) is 12.6. The molecule has 1 saturated carbocycles. The minimum atomic E-state index is -0.253. The number of thioether (sulfide) groups is 1. The molecule has 166 valence electrons. The first-order valence-electron chi connectivity index (χ1n) is 10.8. The van der Waals surface area contributed by atoms with Crippen LogP contribution in [0, 0.1) is 0 Å². The van der Waals surface area contributed by atoms with Gasteiger partial charge in [-0.1, -0.05) is 73.1 Å². The van der Waals surface area contributed by atoms with Gasteiger partial charge < -0.3 is 4.90 Å². The predicted molar refractivity (Wildman–Crippen MR) is 130 cm³/mol. The molecule has 3 aromatic rings. The monoisotopic (exact) mass is 466 g/mol.